The lowest BCUT2D eigenvalue weighted by Gasteiger charge is -2.12. The Labute approximate surface area is 151 Å². The van der Waals surface area contributed by atoms with Gasteiger partial charge in [0.1, 0.15) is 5.75 Å². The number of fused-ring (bicyclic) bond motifs is 1. The molecule has 0 spiro atoms. The zero-order valence-electron chi connectivity index (χ0n) is 14.6. The van der Waals surface area contributed by atoms with E-state index < -0.39 is 0 Å². The molecule has 6 nitrogen and oxygen atoms in total. The minimum absolute atomic E-state index is 0.499. The number of rotatable bonds is 4. The quantitative estimate of drug-likeness (QED) is 0.481. The number of methoxy groups -OCH3 is 1. The second-order valence-corrected chi connectivity index (χ2v) is 6.06. The molecular weight excluding hydrogens is 326 g/mol. The molecule has 0 aliphatic rings. The number of aromatic nitrogens is 3. The van der Waals surface area contributed by atoms with Crippen molar-refractivity contribution in [2.45, 2.75) is 6.92 Å². The van der Waals surface area contributed by atoms with Crippen molar-refractivity contribution in [3.63, 3.8) is 0 Å². The average molecular weight is 345 g/mol. The highest BCUT2D eigenvalue weighted by Gasteiger charge is 2.12. The maximum Gasteiger partial charge on any atom is 0.227 e. The highest BCUT2D eigenvalue weighted by molar-refractivity contribution is 5.95. The highest BCUT2D eigenvalue weighted by atomic mass is 16.5. The molecule has 2 aromatic carbocycles. The van der Waals surface area contributed by atoms with Crippen LogP contribution in [0.25, 0.3) is 22.2 Å². The van der Waals surface area contributed by atoms with Gasteiger partial charge in [0, 0.05) is 40.6 Å². The summed E-state index contributed by atoms with van der Waals surface area (Å²) in [5.74, 6) is 1.14. The number of hydrogen-bond acceptors (Lipinski definition) is 5. The molecule has 0 amide bonds. The summed E-state index contributed by atoms with van der Waals surface area (Å²) < 4.78 is 5.38. The van der Waals surface area contributed by atoms with E-state index in [1.54, 1.807) is 19.2 Å². The third kappa shape index (κ3) is 2.82. The minimum Gasteiger partial charge on any atom is -0.494 e. The number of benzene rings is 2. The van der Waals surface area contributed by atoms with E-state index in [9.17, 15) is 0 Å². The third-order valence-corrected chi connectivity index (χ3v) is 4.29. The van der Waals surface area contributed by atoms with Crippen LogP contribution in [0.5, 0.6) is 5.75 Å². The van der Waals surface area contributed by atoms with Crippen LogP contribution in [0.4, 0.5) is 17.3 Å². The number of ether oxygens (including phenoxy) is 1. The van der Waals surface area contributed by atoms with Crippen molar-refractivity contribution in [3.8, 4) is 17.0 Å². The van der Waals surface area contributed by atoms with Crippen LogP contribution in [0.1, 0.15) is 5.56 Å². The number of H-pyrrole nitrogens is 1. The van der Waals surface area contributed by atoms with Crippen molar-refractivity contribution in [3.05, 3.63) is 60.4 Å². The number of aromatic amines is 1. The summed E-state index contributed by atoms with van der Waals surface area (Å²) in [6, 6.07) is 13.6. The van der Waals surface area contributed by atoms with Gasteiger partial charge in [-0.05, 0) is 30.7 Å². The van der Waals surface area contributed by atoms with Crippen LogP contribution in [-0.4, -0.2) is 22.1 Å². The van der Waals surface area contributed by atoms with E-state index in [-0.39, 0.29) is 0 Å². The van der Waals surface area contributed by atoms with Crippen LogP contribution in [0.3, 0.4) is 0 Å². The first-order valence-electron chi connectivity index (χ1n) is 8.26. The second-order valence-electron chi connectivity index (χ2n) is 6.06. The Morgan fingerprint density at radius 1 is 1.15 bits per heavy atom. The maximum absolute atomic E-state index is 5.81. The van der Waals surface area contributed by atoms with Crippen molar-refractivity contribution >= 4 is 28.2 Å². The number of anilines is 3. The summed E-state index contributed by atoms with van der Waals surface area (Å²) in [6.45, 7) is 2.00. The molecule has 0 saturated carbocycles. The monoisotopic (exact) mass is 345 g/mol. The molecule has 4 aromatic rings. The maximum atomic E-state index is 5.81. The van der Waals surface area contributed by atoms with Gasteiger partial charge in [0.2, 0.25) is 5.95 Å². The number of nitrogens with zero attached hydrogens (tertiary/aromatic N) is 2. The van der Waals surface area contributed by atoms with Gasteiger partial charge in [-0.1, -0.05) is 18.2 Å². The molecule has 0 fully saturated rings. The largest absolute Gasteiger partial charge is 0.494 e. The molecule has 0 atom stereocenters. The lowest BCUT2D eigenvalue weighted by molar-refractivity contribution is 0.417. The van der Waals surface area contributed by atoms with Gasteiger partial charge in [-0.2, -0.15) is 0 Å². The van der Waals surface area contributed by atoms with Crippen LogP contribution < -0.4 is 15.8 Å². The molecule has 0 saturated heterocycles. The Hall–Kier alpha value is -3.54. The van der Waals surface area contributed by atoms with Crippen molar-refractivity contribution < 1.29 is 4.74 Å². The highest BCUT2D eigenvalue weighted by Crippen LogP contribution is 2.32. The van der Waals surface area contributed by atoms with E-state index in [4.69, 9.17) is 15.5 Å². The number of aryl methyl sites for hydroxylation is 1. The van der Waals surface area contributed by atoms with E-state index in [0.29, 0.717) is 17.4 Å². The summed E-state index contributed by atoms with van der Waals surface area (Å²) in [5.41, 5.74) is 11.2. The summed E-state index contributed by atoms with van der Waals surface area (Å²) in [7, 11) is 1.60. The number of nitrogen functional groups attached to an aromatic ring is 1. The van der Waals surface area contributed by atoms with Gasteiger partial charge in [-0.25, -0.2) is 9.97 Å². The molecule has 130 valence electrons. The molecule has 4 N–H and O–H groups in total. The normalized spacial score (nSPS) is 10.8. The fourth-order valence-electron chi connectivity index (χ4n) is 2.97. The summed E-state index contributed by atoms with van der Waals surface area (Å²) in [6.07, 6.45) is 3.80. The van der Waals surface area contributed by atoms with Gasteiger partial charge in [0.25, 0.3) is 0 Å². The van der Waals surface area contributed by atoms with Gasteiger partial charge in [0.05, 0.1) is 18.5 Å². The molecule has 0 aliphatic carbocycles. The number of nitrogens with two attached hydrogens (primary N) is 1. The van der Waals surface area contributed by atoms with E-state index in [1.165, 1.54) is 0 Å². The lowest BCUT2D eigenvalue weighted by atomic mass is 10.1. The molecule has 4 rings (SSSR count). The van der Waals surface area contributed by atoms with Gasteiger partial charge in [-0.15, -0.1) is 0 Å². The van der Waals surface area contributed by atoms with Crippen molar-refractivity contribution in [1.82, 2.24) is 15.0 Å². The lowest BCUT2D eigenvalue weighted by Crippen LogP contribution is -2.02. The van der Waals surface area contributed by atoms with Crippen LogP contribution >= 0.6 is 0 Å². The second kappa shape index (κ2) is 6.40. The third-order valence-electron chi connectivity index (χ3n) is 4.29. The first-order chi connectivity index (χ1) is 12.7. The van der Waals surface area contributed by atoms with Gasteiger partial charge in [-0.3, -0.25) is 0 Å². The molecule has 0 bridgehead atoms. The number of para-hydroxylation sites is 1. The topological polar surface area (TPSA) is 88.9 Å². The van der Waals surface area contributed by atoms with Crippen molar-refractivity contribution in [2.24, 2.45) is 0 Å². The molecule has 0 unspecified atom stereocenters. The smallest absolute Gasteiger partial charge is 0.227 e. The standard InChI is InChI=1S/C20H19N5O/c1-12-10-23-20(24-17-8-7-13(21)9-18(17)26-2)25-19(12)15-11-22-16-6-4-3-5-14(15)16/h3-11,22H,21H2,1-2H3,(H,23,24,25). The van der Waals surface area contributed by atoms with E-state index in [1.807, 2.05) is 43.6 Å². The Balaban J connectivity index is 1.76. The Morgan fingerprint density at radius 2 is 2.00 bits per heavy atom. The Bertz CT molecular complexity index is 1090. The molecule has 26 heavy (non-hydrogen) atoms. The predicted molar refractivity (Wildman–Crippen MR) is 105 cm³/mol. The first kappa shape index (κ1) is 16.0. The molecule has 0 radical (unpaired) electrons. The van der Waals surface area contributed by atoms with E-state index in [0.717, 1.165) is 33.4 Å². The van der Waals surface area contributed by atoms with Crippen molar-refractivity contribution in [1.29, 1.82) is 0 Å². The van der Waals surface area contributed by atoms with Crippen LogP contribution in [0, 0.1) is 6.92 Å². The van der Waals surface area contributed by atoms with Crippen molar-refractivity contribution in [2.75, 3.05) is 18.2 Å². The Morgan fingerprint density at radius 3 is 2.85 bits per heavy atom. The zero-order chi connectivity index (χ0) is 18.1. The molecular formula is C20H19N5O. The van der Waals surface area contributed by atoms with Gasteiger partial charge >= 0.3 is 0 Å². The predicted octanol–water partition coefficient (Wildman–Crippen LogP) is 4.27. The van der Waals surface area contributed by atoms with Crippen LogP contribution in [-0.2, 0) is 0 Å². The van der Waals surface area contributed by atoms with E-state index >= 15 is 0 Å². The Kier molecular flexibility index (Phi) is 3.93. The minimum atomic E-state index is 0.499. The summed E-state index contributed by atoms with van der Waals surface area (Å²) >= 11 is 0. The van der Waals surface area contributed by atoms with Crippen LogP contribution in [0.2, 0.25) is 0 Å². The number of hydrogen-bond donors (Lipinski definition) is 3. The SMILES string of the molecule is COc1cc(N)ccc1Nc1ncc(C)c(-c2c[nH]c3ccccc23)n1. The molecule has 2 aromatic heterocycles. The zero-order valence-corrected chi connectivity index (χ0v) is 14.6. The fourth-order valence-corrected chi connectivity index (χ4v) is 2.97. The molecule has 6 heteroatoms. The molecule has 0 aliphatic heterocycles. The summed E-state index contributed by atoms with van der Waals surface area (Å²) in [5, 5.41) is 4.35. The van der Waals surface area contributed by atoms with Gasteiger partial charge in [0.15, 0.2) is 0 Å². The van der Waals surface area contributed by atoms with Gasteiger partial charge < -0.3 is 20.8 Å². The summed E-state index contributed by atoms with van der Waals surface area (Å²) in [4.78, 5) is 12.4. The fraction of sp³-hybridized carbons (Fsp3) is 0.100. The van der Waals surface area contributed by atoms with E-state index in [2.05, 4.69) is 21.4 Å². The molecule has 2 heterocycles. The average Bonchev–Trinajstić information content (AvgIpc) is 3.08. The number of nitrogens with one attached hydrogen (secondary N) is 2. The van der Waals surface area contributed by atoms with Crippen LogP contribution in [0.15, 0.2) is 54.9 Å². The first-order valence-corrected chi connectivity index (χ1v) is 8.26.